The summed E-state index contributed by atoms with van der Waals surface area (Å²) in [5.41, 5.74) is 6.60. The number of rotatable bonds is 8. The number of primary amides is 1. The van der Waals surface area contributed by atoms with E-state index in [1.54, 1.807) is 30.3 Å². The maximum Gasteiger partial charge on any atom is 0.453 e. The van der Waals surface area contributed by atoms with Crippen LogP contribution in [0.4, 0.5) is 30.6 Å². The second-order valence-electron chi connectivity index (χ2n) is 7.44. The Kier molecular flexibility index (Phi) is 7.03. The van der Waals surface area contributed by atoms with E-state index in [0.29, 0.717) is 11.3 Å². The second kappa shape index (κ2) is 10.2. The summed E-state index contributed by atoms with van der Waals surface area (Å²) in [5.74, 6) is -2.16. The van der Waals surface area contributed by atoms with Crippen molar-refractivity contribution >= 4 is 35.0 Å². The van der Waals surface area contributed by atoms with Crippen LogP contribution < -0.4 is 16.4 Å². The van der Waals surface area contributed by atoms with Gasteiger partial charge in [0.15, 0.2) is 5.82 Å². The number of aromatic amines is 1. The Hall–Kier alpha value is -4.23. The van der Waals surface area contributed by atoms with E-state index < -0.39 is 23.9 Å². The molecule has 0 radical (unpaired) electrons. The molecule has 2 aromatic heterocycles. The Labute approximate surface area is 206 Å². The predicted octanol–water partition coefficient (Wildman–Crippen LogP) is 3.92. The molecule has 14 heteroatoms. The van der Waals surface area contributed by atoms with Crippen molar-refractivity contribution in [2.45, 2.75) is 12.2 Å². The van der Waals surface area contributed by atoms with Crippen molar-refractivity contribution in [2.24, 2.45) is 5.73 Å². The first-order valence-electron chi connectivity index (χ1n) is 10.3. The molecular weight excluding hydrogens is 501 g/mol. The van der Waals surface area contributed by atoms with Gasteiger partial charge in [-0.1, -0.05) is 41.9 Å². The fourth-order valence-electron chi connectivity index (χ4n) is 3.24. The van der Waals surface area contributed by atoms with Gasteiger partial charge >= 0.3 is 6.18 Å². The molecule has 0 unspecified atom stereocenters. The predicted molar refractivity (Wildman–Crippen MR) is 126 cm³/mol. The van der Waals surface area contributed by atoms with Gasteiger partial charge in [0.2, 0.25) is 11.9 Å². The van der Waals surface area contributed by atoms with Gasteiger partial charge in [-0.2, -0.15) is 18.2 Å². The van der Waals surface area contributed by atoms with Crippen LogP contribution in [0.25, 0.3) is 11.4 Å². The number of aliphatic hydroxyl groups excluding tert-OH is 1. The van der Waals surface area contributed by atoms with Crippen molar-refractivity contribution < 1.29 is 23.1 Å². The highest BCUT2D eigenvalue weighted by molar-refractivity contribution is 6.34. The van der Waals surface area contributed by atoms with E-state index in [2.05, 4.69) is 35.8 Å². The fraction of sp³-hybridized carbons (Fsp3) is 0.136. The van der Waals surface area contributed by atoms with Gasteiger partial charge in [-0.3, -0.25) is 9.89 Å². The van der Waals surface area contributed by atoms with E-state index in [1.165, 1.54) is 24.4 Å². The molecule has 1 atom stereocenters. The highest BCUT2D eigenvalue weighted by Crippen LogP contribution is 2.32. The number of halogens is 4. The van der Waals surface area contributed by atoms with Crippen LogP contribution in [0.3, 0.4) is 0 Å². The summed E-state index contributed by atoms with van der Waals surface area (Å²) in [6.45, 7) is -0.343. The Morgan fingerprint density at radius 3 is 2.53 bits per heavy atom. The first-order valence-corrected chi connectivity index (χ1v) is 10.7. The smallest absolute Gasteiger partial charge is 0.394 e. The maximum absolute atomic E-state index is 13.0. The molecule has 0 saturated heterocycles. The van der Waals surface area contributed by atoms with Crippen molar-refractivity contribution in [2.75, 3.05) is 17.2 Å². The lowest BCUT2D eigenvalue weighted by molar-refractivity contribution is -0.144. The molecular formula is C22H18ClF3N8O2. The van der Waals surface area contributed by atoms with Crippen LogP contribution in [-0.2, 0) is 6.18 Å². The molecule has 10 nitrogen and oxygen atoms in total. The second-order valence-corrected chi connectivity index (χ2v) is 7.84. The van der Waals surface area contributed by atoms with Gasteiger partial charge in [0.1, 0.15) is 5.82 Å². The number of nitrogens with two attached hydrogens (primary N) is 1. The summed E-state index contributed by atoms with van der Waals surface area (Å²) in [6.07, 6.45) is -3.50. The third kappa shape index (κ3) is 5.53. The minimum absolute atomic E-state index is 0.0458. The Morgan fingerprint density at radius 1 is 1.17 bits per heavy atom. The summed E-state index contributed by atoms with van der Waals surface area (Å²) in [5, 5.41) is 21.5. The molecule has 0 spiro atoms. The molecule has 4 rings (SSSR count). The van der Waals surface area contributed by atoms with Gasteiger partial charge in [-0.25, -0.2) is 9.97 Å². The SMILES string of the molecule is NC(=O)c1ccc(Nc2ncc(-c3nc(C(F)(F)F)n[nH]3)c(N[C@H](CO)c3ccccc3)n2)cc1Cl. The van der Waals surface area contributed by atoms with Crippen LogP contribution in [-0.4, -0.2) is 42.8 Å². The Morgan fingerprint density at radius 2 is 1.92 bits per heavy atom. The number of alkyl halides is 3. The number of benzene rings is 2. The highest BCUT2D eigenvalue weighted by atomic mass is 35.5. The molecule has 0 fully saturated rings. The van der Waals surface area contributed by atoms with Crippen molar-refractivity contribution in [1.29, 1.82) is 0 Å². The third-order valence-corrected chi connectivity index (χ3v) is 5.28. The molecule has 0 bridgehead atoms. The number of aliphatic hydroxyl groups is 1. The van der Waals surface area contributed by atoms with Crippen LogP contribution in [0.2, 0.25) is 5.02 Å². The lowest BCUT2D eigenvalue weighted by Gasteiger charge is -2.19. The Bertz CT molecular complexity index is 1380. The van der Waals surface area contributed by atoms with E-state index in [1.807, 2.05) is 0 Å². The molecule has 0 aliphatic rings. The van der Waals surface area contributed by atoms with Crippen LogP contribution in [0.5, 0.6) is 0 Å². The maximum atomic E-state index is 13.0. The quantitative estimate of drug-likeness (QED) is 0.235. The molecule has 2 aromatic carbocycles. The first kappa shape index (κ1) is 24.9. The summed E-state index contributed by atoms with van der Waals surface area (Å²) in [7, 11) is 0. The van der Waals surface area contributed by atoms with Gasteiger partial charge in [0.25, 0.3) is 5.82 Å². The highest BCUT2D eigenvalue weighted by Gasteiger charge is 2.36. The van der Waals surface area contributed by atoms with Crippen molar-refractivity contribution in [1.82, 2.24) is 25.1 Å². The van der Waals surface area contributed by atoms with E-state index in [-0.39, 0.29) is 40.3 Å². The first-order chi connectivity index (χ1) is 17.2. The van der Waals surface area contributed by atoms with Crippen molar-refractivity contribution in [3.8, 4) is 11.4 Å². The van der Waals surface area contributed by atoms with Gasteiger partial charge in [0, 0.05) is 11.9 Å². The van der Waals surface area contributed by atoms with E-state index >= 15 is 0 Å². The summed E-state index contributed by atoms with van der Waals surface area (Å²) >= 11 is 6.09. The molecule has 4 aromatic rings. The molecule has 0 saturated carbocycles. The van der Waals surface area contributed by atoms with Crippen LogP contribution in [0.1, 0.15) is 27.8 Å². The monoisotopic (exact) mass is 518 g/mol. The third-order valence-electron chi connectivity index (χ3n) is 4.97. The standard InChI is InChI=1S/C22H18ClF3N8O2/c23-15-8-12(6-7-13(15)17(27)36)29-21-28-9-14(19-31-20(34-33-19)22(24,25)26)18(32-21)30-16(10-35)11-4-2-1-3-5-11/h1-9,16,35H,10H2,(H2,27,36)(H,31,33,34)(H2,28,29,30,32)/t16-/m1/s1. The lowest BCUT2D eigenvalue weighted by atomic mass is 10.1. The molecule has 36 heavy (non-hydrogen) atoms. The summed E-state index contributed by atoms with van der Waals surface area (Å²) in [4.78, 5) is 23.4. The van der Waals surface area contributed by atoms with Crippen LogP contribution >= 0.6 is 11.6 Å². The van der Waals surface area contributed by atoms with Crippen LogP contribution in [0, 0.1) is 0 Å². The topological polar surface area (TPSA) is 155 Å². The minimum atomic E-state index is -4.75. The normalized spacial score (nSPS) is 12.2. The number of carbonyl (C=O) groups is 1. The van der Waals surface area contributed by atoms with Gasteiger partial charge in [-0.15, -0.1) is 5.10 Å². The summed E-state index contributed by atoms with van der Waals surface area (Å²) < 4.78 is 39.1. The zero-order chi connectivity index (χ0) is 25.9. The largest absolute Gasteiger partial charge is 0.453 e. The number of H-pyrrole nitrogens is 1. The molecule has 186 valence electrons. The lowest BCUT2D eigenvalue weighted by Crippen LogP contribution is -2.17. The zero-order valence-electron chi connectivity index (χ0n) is 18.2. The van der Waals surface area contributed by atoms with Gasteiger partial charge in [-0.05, 0) is 23.8 Å². The fourth-order valence-corrected chi connectivity index (χ4v) is 3.51. The zero-order valence-corrected chi connectivity index (χ0v) is 19.0. The van der Waals surface area contributed by atoms with Gasteiger partial charge in [0.05, 0.1) is 28.8 Å². The van der Waals surface area contributed by atoms with Gasteiger partial charge < -0.3 is 21.5 Å². The molecule has 0 aliphatic heterocycles. The van der Waals surface area contributed by atoms with Crippen LogP contribution in [0.15, 0.2) is 54.7 Å². The average molecular weight is 519 g/mol. The number of carbonyl (C=O) groups excluding carboxylic acids is 1. The molecule has 0 aliphatic carbocycles. The molecule has 1 amide bonds. The summed E-state index contributed by atoms with van der Waals surface area (Å²) in [6, 6.07) is 12.6. The number of nitrogens with zero attached hydrogens (tertiary/aromatic N) is 4. The number of hydrogen-bond acceptors (Lipinski definition) is 8. The number of anilines is 3. The number of amides is 1. The number of hydrogen-bond donors (Lipinski definition) is 5. The van der Waals surface area contributed by atoms with E-state index in [9.17, 15) is 23.1 Å². The van der Waals surface area contributed by atoms with Crippen molar-refractivity contribution in [3.63, 3.8) is 0 Å². The number of aromatic nitrogens is 5. The van der Waals surface area contributed by atoms with E-state index in [0.717, 1.165) is 0 Å². The molecule has 6 N–H and O–H groups in total. The number of nitrogens with one attached hydrogen (secondary N) is 3. The Balaban J connectivity index is 1.72. The van der Waals surface area contributed by atoms with Crippen molar-refractivity contribution in [3.05, 3.63) is 76.7 Å². The van der Waals surface area contributed by atoms with E-state index in [4.69, 9.17) is 17.3 Å². The molecule has 2 heterocycles. The minimum Gasteiger partial charge on any atom is -0.394 e. The average Bonchev–Trinajstić information content (AvgIpc) is 3.34.